The molecule has 1 aromatic heterocycles. The van der Waals surface area contributed by atoms with E-state index in [4.69, 9.17) is 14.9 Å². The highest BCUT2D eigenvalue weighted by atomic mass is 16.6. The highest BCUT2D eigenvalue weighted by Gasteiger charge is 2.47. The van der Waals surface area contributed by atoms with Crippen LogP contribution in [0, 0.1) is 0 Å². The zero-order valence-electron chi connectivity index (χ0n) is 17.0. The Balaban J connectivity index is 1.83. The maximum atomic E-state index is 12.3. The fraction of sp³-hybridized carbons (Fsp3) is 0.529. The molecular formula is C17H23N5O11. The van der Waals surface area contributed by atoms with Crippen molar-refractivity contribution >= 4 is 23.8 Å². The Labute approximate surface area is 184 Å². The number of carbonyl (C=O) groups excluding carboxylic acids is 2. The lowest BCUT2D eigenvalue weighted by molar-refractivity contribution is -0.142. The molecule has 0 aliphatic carbocycles. The maximum absolute atomic E-state index is 12.3. The Hall–Kier alpha value is -3.60. The molecule has 1 aliphatic rings. The second-order valence-electron chi connectivity index (χ2n) is 7.02. The highest BCUT2D eigenvalue weighted by molar-refractivity contribution is 5.82. The molecule has 16 heteroatoms. The fourth-order valence-corrected chi connectivity index (χ4v) is 3.03. The number of H-pyrrole nitrogens is 1. The number of carboxylic acid groups (broad SMARTS) is 2. The molecule has 33 heavy (non-hydrogen) atoms. The first kappa shape index (κ1) is 25.7. The van der Waals surface area contributed by atoms with Crippen LogP contribution in [0.25, 0.3) is 0 Å². The molecule has 2 heterocycles. The number of carboxylic acids is 2. The molecule has 182 valence electrons. The van der Waals surface area contributed by atoms with Gasteiger partial charge in [-0.05, 0) is 0 Å². The monoisotopic (exact) mass is 473 g/mol. The second kappa shape index (κ2) is 11.3. The van der Waals surface area contributed by atoms with Gasteiger partial charge in [-0.25, -0.2) is 4.79 Å². The predicted molar refractivity (Wildman–Crippen MR) is 105 cm³/mol. The number of aliphatic hydroxyl groups excluding tert-OH is 2. The zero-order valence-corrected chi connectivity index (χ0v) is 17.0. The summed E-state index contributed by atoms with van der Waals surface area (Å²) in [4.78, 5) is 71.5. The molecule has 1 saturated heterocycles. The van der Waals surface area contributed by atoms with Crippen LogP contribution in [0.5, 0.6) is 0 Å². The summed E-state index contributed by atoms with van der Waals surface area (Å²) in [5, 5.41) is 42.4. The zero-order chi connectivity index (χ0) is 24.7. The number of aliphatic hydroxyl groups is 2. The summed E-state index contributed by atoms with van der Waals surface area (Å²) >= 11 is 0. The van der Waals surface area contributed by atoms with Crippen molar-refractivity contribution in [2.75, 3.05) is 32.7 Å². The number of carbonyl (C=O) groups is 4. The summed E-state index contributed by atoms with van der Waals surface area (Å²) in [6.45, 7) is -2.08. The number of nitrogens with zero attached hydrogens (tertiary/aromatic N) is 2. The average Bonchev–Trinajstić information content (AvgIpc) is 2.99. The van der Waals surface area contributed by atoms with Crippen LogP contribution in [-0.4, -0.2) is 110 Å². The van der Waals surface area contributed by atoms with Gasteiger partial charge in [0.25, 0.3) is 11.5 Å². The molecule has 1 aliphatic heterocycles. The Morgan fingerprint density at radius 3 is 2.18 bits per heavy atom. The molecule has 0 saturated carbocycles. The van der Waals surface area contributed by atoms with E-state index < -0.39 is 79.2 Å². The molecule has 0 aromatic carbocycles. The summed E-state index contributed by atoms with van der Waals surface area (Å²) in [6.07, 6.45) is -5.30. The van der Waals surface area contributed by atoms with Crippen LogP contribution in [0.4, 0.5) is 0 Å². The minimum atomic E-state index is -1.69. The average molecular weight is 473 g/mol. The number of ether oxygens (including phenoxy) is 1. The topological polar surface area (TPSA) is 241 Å². The molecule has 0 bridgehead atoms. The van der Waals surface area contributed by atoms with E-state index in [1.807, 2.05) is 4.98 Å². The number of nitrogens with one attached hydrogen (secondary N) is 3. The maximum Gasteiger partial charge on any atom is 0.330 e. The lowest BCUT2D eigenvalue weighted by Crippen LogP contribution is -2.46. The predicted octanol–water partition coefficient (Wildman–Crippen LogP) is -5.14. The van der Waals surface area contributed by atoms with Gasteiger partial charge in [0.2, 0.25) is 5.91 Å². The van der Waals surface area contributed by atoms with E-state index in [1.54, 1.807) is 0 Å². The summed E-state index contributed by atoms with van der Waals surface area (Å²) in [6, 6.07) is 0.994. The molecule has 2 rings (SSSR count). The number of hydrogen-bond acceptors (Lipinski definition) is 10. The van der Waals surface area contributed by atoms with Crippen molar-refractivity contribution in [2.24, 2.45) is 0 Å². The molecule has 1 aromatic rings. The smallest absolute Gasteiger partial charge is 0.330 e. The van der Waals surface area contributed by atoms with Crippen molar-refractivity contribution in [3.63, 3.8) is 0 Å². The quantitative estimate of drug-likeness (QED) is 0.149. The van der Waals surface area contributed by atoms with E-state index in [1.165, 1.54) is 0 Å². The van der Waals surface area contributed by atoms with Gasteiger partial charge >= 0.3 is 17.6 Å². The first-order chi connectivity index (χ1) is 15.5. The van der Waals surface area contributed by atoms with E-state index in [2.05, 4.69) is 10.6 Å². The summed E-state index contributed by atoms with van der Waals surface area (Å²) in [7, 11) is 0. The van der Waals surface area contributed by atoms with E-state index in [0.717, 1.165) is 21.7 Å². The minimum absolute atomic E-state index is 0.118. The van der Waals surface area contributed by atoms with Crippen molar-refractivity contribution < 1.29 is 44.3 Å². The SMILES string of the molecule is O=C(O)CN(CC(=O)O)CC(=O)NCCNC(=O)[C@H]1O[C@@H](n2ccc(=O)[nH]c2=O)[C@H](O)[C@@H]1O. The largest absolute Gasteiger partial charge is 0.480 e. The number of rotatable bonds is 11. The number of hydrogen-bond donors (Lipinski definition) is 7. The molecule has 0 spiro atoms. The van der Waals surface area contributed by atoms with Crippen LogP contribution in [-0.2, 0) is 23.9 Å². The Morgan fingerprint density at radius 1 is 1.00 bits per heavy atom. The number of aromatic nitrogens is 2. The van der Waals surface area contributed by atoms with Crippen LogP contribution in [0.15, 0.2) is 21.9 Å². The summed E-state index contributed by atoms with van der Waals surface area (Å²) < 4.78 is 6.09. The van der Waals surface area contributed by atoms with Gasteiger partial charge in [-0.2, -0.15) is 0 Å². The number of aliphatic carboxylic acids is 2. The standard InChI is InChI=1S/C17H23N5O11/c23-8-1-4-22(17(32)20-8)16-13(30)12(29)14(33-16)15(31)19-3-2-18-9(24)5-21(6-10(25)26)7-11(27)28/h1,4,12-14,16,29-30H,2-3,5-7H2,(H,18,24)(H,19,31)(H,25,26)(H,27,28)(H,20,23,32)/t12-,13+,14-,16+/m0/s1. The number of amides is 2. The van der Waals surface area contributed by atoms with Gasteiger partial charge in [0, 0.05) is 25.4 Å². The first-order valence-corrected chi connectivity index (χ1v) is 9.53. The van der Waals surface area contributed by atoms with Gasteiger partial charge in [-0.3, -0.25) is 38.4 Å². The summed E-state index contributed by atoms with van der Waals surface area (Å²) in [5.41, 5.74) is -1.60. The summed E-state index contributed by atoms with van der Waals surface area (Å²) in [5.74, 6) is -4.15. The van der Waals surface area contributed by atoms with Crippen LogP contribution in [0.1, 0.15) is 6.23 Å². The van der Waals surface area contributed by atoms with E-state index >= 15 is 0 Å². The molecule has 2 amide bonds. The Bertz CT molecular complexity index is 990. The molecule has 0 unspecified atom stereocenters. The van der Waals surface area contributed by atoms with Crippen molar-refractivity contribution in [3.05, 3.63) is 33.1 Å². The van der Waals surface area contributed by atoms with E-state index in [9.17, 15) is 39.0 Å². The van der Waals surface area contributed by atoms with E-state index in [0.29, 0.717) is 0 Å². The molecule has 7 N–H and O–H groups in total. The van der Waals surface area contributed by atoms with Crippen molar-refractivity contribution in [1.29, 1.82) is 0 Å². The third-order valence-electron chi connectivity index (χ3n) is 4.45. The Morgan fingerprint density at radius 2 is 1.61 bits per heavy atom. The third kappa shape index (κ3) is 7.21. The van der Waals surface area contributed by atoms with Crippen LogP contribution >= 0.6 is 0 Å². The third-order valence-corrected chi connectivity index (χ3v) is 4.45. The molecule has 4 atom stereocenters. The lowest BCUT2D eigenvalue weighted by Gasteiger charge is -2.18. The molecular weight excluding hydrogens is 450 g/mol. The van der Waals surface area contributed by atoms with Gasteiger partial charge < -0.3 is 35.8 Å². The number of aromatic amines is 1. The van der Waals surface area contributed by atoms with Crippen molar-refractivity contribution in [3.8, 4) is 0 Å². The van der Waals surface area contributed by atoms with Gasteiger partial charge in [0.15, 0.2) is 12.3 Å². The van der Waals surface area contributed by atoms with Crippen molar-refractivity contribution in [1.82, 2.24) is 25.1 Å². The van der Waals surface area contributed by atoms with Crippen LogP contribution in [0.3, 0.4) is 0 Å². The van der Waals surface area contributed by atoms with Gasteiger partial charge in [-0.1, -0.05) is 0 Å². The molecule has 0 radical (unpaired) electrons. The normalized spacial score (nSPS) is 22.2. The first-order valence-electron chi connectivity index (χ1n) is 9.53. The fourth-order valence-electron chi connectivity index (χ4n) is 3.03. The van der Waals surface area contributed by atoms with Crippen LogP contribution in [0.2, 0.25) is 0 Å². The second-order valence-corrected chi connectivity index (χ2v) is 7.02. The molecule has 16 nitrogen and oxygen atoms in total. The lowest BCUT2D eigenvalue weighted by atomic mass is 10.1. The Kier molecular flexibility index (Phi) is 8.80. The molecule has 1 fully saturated rings. The van der Waals surface area contributed by atoms with Crippen molar-refractivity contribution in [2.45, 2.75) is 24.5 Å². The van der Waals surface area contributed by atoms with Crippen LogP contribution < -0.4 is 21.9 Å². The van der Waals surface area contributed by atoms with Gasteiger partial charge in [-0.15, -0.1) is 0 Å². The van der Waals surface area contributed by atoms with E-state index in [-0.39, 0.29) is 13.1 Å². The van der Waals surface area contributed by atoms with Gasteiger partial charge in [0.1, 0.15) is 12.2 Å². The van der Waals surface area contributed by atoms with Gasteiger partial charge in [0.05, 0.1) is 19.6 Å². The minimum Gasteiger partial charge on any atom is -0.480 e. The highest BCUT2D eigenvalue weighted by Crippen LogP contribution is 2.28.